The Morgan fingerprint density at radius 2 is 2.00 bits per heavy atom. The van der Waals surface area contributed by atoms with Gasteiger partial charge in [0.05, 0.1) is 0 Å². The van der Waals surface area contributed by atoms with Gasteiger partial charge in [-0.2, -0.15) is 13.2 Å². The highest BCUT2D eigenvalue weighted by Crippen LogP contribution is 2.48. The maximum absolute atomic E-state index is 12.4. The summed E-state index contributed by atoms with van der Waals surface area (Å²) < 4.78 is 42.2. The van der Waals surface area contributed by atoms with Gasteiger partial charge in [-0.25, -0.2) is 0 Å². The average molecular weight is 211 g/mol. The second-order valence-corrected chi connectivity index (χ2v) is 3.56. The molecule has 0 atom stereocenters. The van der Waals surface area contributed by atoms with Crippen molar-refractivity contribution in [2.75, 3.05) is 19.8 Å². The van der Waals surface area contributed by atoms with Crippen molar-refractivity contribution in [1.29, 1.82) is 0 Å². The quantitative estimate of drug-likeness (QED) is 0.679. The van der Waals surface area contributed by atoms with Crippen molar-refractivity contribution >= 4 is 0 Å². The van der Waals surface area contributed by atoms with E-state index in [2.05, 4.69) is 5.32 Å². The molecule has 2 nitrogen and oxygen atoms in total. The maximum Gasteiger partial charge on any atom is 0.406 e. The summed E-state index contributed by atoms with van der Waals surface area (Å²) in [5, 5.41) is 2.56. The van der Waals surface area contributed by atoms with Crippen LogP contribution in [0.3, 0.4) is 0 Å². The first-order valence-electron chi connectivity index (χ1n) is 4.91. The van der Waals surface area contributed by atoms with Crippen LogP contribution in [0.25, 0.3) is 0 Å². The number of halogens is 3. The minimum Gasteiger partial charge on any atom is -0.382 e. The van der Waals surface area contributed by atoms with Gasteiger partial charge in [0, 0.05) is 13.2 Å². The van der Waals surface area contributed by atoms with Crippen LogP contribution in [-0.2, 0) is 4.74 Å². The number of nitrogens with one attached hydrogen (secondary N) is 1. The van der Waals surface area contributed by atoms with E-state index in [-0.39, 0.29) is 12.8 Å². The first-order chi connectivity index (χ1) is 6.52. The van der Waals surface area contributed by atoms with Crippen molar-refractivity contribution in [3.05, 3.63) is 0 Å². The van der Waals surface area contributed by atoms with Crippen LogP contribution in [-0.4, -0.2) is 31.5 Å². The van der Waals surface area contributed by atoms with Crippen LogP contribution in [0.1, 0.15) is 26.2 Å². The molecule has 0 saturated heterocycles. The summed E-state index contributed by atoms with van der Waals surface area (Å²) in [5.41, 5.74) is -1.57. The molecule has 0 spiro atoms. The Labute approximate surface area is 81.8 Å². The third-order valence-corrected chi connectivity index (χ3v) is 2.43. The van der Waals surface area contributed by atoms with Crippen molar-refractivity contribution in [2.45, 2.75) is 37.9 Å². The van der Waals surface area contributed by atoms with Crippen molar-refractivity contribution in [2.24, 2.45) is 0 Å². The standard InChI is InChI=1S/C9H16F3NO/c1-2-14-7-3-6-13-8(4-5-8)9(10,11)12/h13H,2-7H2,1H3. The van der Waals surface area contributed by atoms with E-state index in [0.29, 0.717) is 26.2 Å². The first kappa shape index (κ1) is 11.8. The molecule has 0 aromatic carbocycles. The third-order valence-electron chi connectivity index (χ3n) is 2.43. The second-order valence-electron chi connectivity index (χ2n) is 3.56. The van der Waals surface area contributed by atoms with Gasteiger partial charge in [0.15, 0.2) is 0 Å². The molecule has 0 radical (unpaired) electrons. The van der Waals surface area contributed by atoms with Gasteiger partial charge in [-0.3, -0.25) is 0 Å². The largest absolute Gasteiger partial charge is 0.406 e. The molecule has 1 saturated carbocycles. The number of rotatable bonds is 6. The fraction of sp³-hybridized carbons (Fsp3) is 1.00. The van der Waals surface area contributed by atoms with Gasteiger partial charge < -0.3 is 10.1 Å². The smallest absolute Gasteiger partial charge is 0.382 e. The van der Waals surface area contributed by atoms with Crippen molar-refractivity contribution < 1.29 is 17.9 Å². The Bertz CT molecular complexity index is 177. The molecule has 1 aliphatic carbocycles. The first-order valence-corrected chi connectivity index (χ1v) is 4.91. The molecule has 1 N–H and O–H groups in total. The maximum atomic E-state index is 12.4. The van der Waals surface area contributed by atoms with E-state index >= 15 is 0 Å². The van der Waals surface area contributed by atoms with E-state index < -0.39 is 11.7 Å². The summed E-state index contributed by atoms with van der Waals surface area (Å²) in [7, 11) is 0. The molecule has 0 aliphatic heterocycles. The van der Waals surface area contributed by atoms with Gasteiger partial charge in [0.25, 0.3) is 0 Å². The van der Waals surface area contributed by atoms with Crippen LogP contribution in [0.4, 0.5) is 13.2 Å². The van der Waals surface area contributed by atoms with Crippen molar-refractivity contribution in [3.8, 4) is 0 Å². The minimum atomic E-state index is -4.10. The molecule has 0 amide bonds. The molecule has 1 aliphatic rings. The number of ether oxygens (including phenoxy) is 1. The highest BCUT2D eigenvalue weighted by Gasteiger charge is 2.62. The fourth-order valence-electron chi connectivity index (χ4n) is 1.33. The van der Waals surface area contributed by atoms with Crippen LogP contribution in [0.2, 0.25) is 0 Å². The van der Waals surface area contributed by atoms with Gasteiger partial charge in [-0.1, -0.05) is 0 Å². The average Bonchev–Trinajstić information content (AvgIpc) is 2.84. The normalized spacial score (nSPS) is 19.7. The fourth-order valence-corrected chi connectivity index (χ4v) is 1.33. The molecule has 5 heteroatoms. The summed E-state index contributed by atoms with van der Waals surface area (Å²) in [4.78, 5) is 0. The number of alkyl halides is 3. The van der Waals surface area contributed by atoms with Crippen molar-refractivity contribution in [1.82, 2.24) is 5.32 Å². The predicted molar refractivity (Wildman–Crippen MR) is 47.1 cm³/mol. The van der Waals surface area contributed by atoms with E-state index in [0.717, 1.165) is 0 Å². The summed E-state index contributed by atoms with van der Waals surface area (Å²) in [6, 6.07) is 0. The summed E-state index contributed by atoms with van der Waals surface area (Å²) in [6.45, 7) is 3.38. The van der Waals surface area contributed by atoms with Crippen LogP contribution in [0, 0.1) is 0 Å². The van der Waals surface area contributed by atoms with E-state index in [1.165, 1.54) is 0 Å². The molecular formula is C9H16F3NO. The highest BCUT2D eigenvalue weighted by atomic mass is 19.4. The molecule has 1 fully saturated rings. The SMILES string of the molecule is CCOCCCNC1(C(F)(F)F)CC1. The van der Waals surface area contributed by atoms with Gasteiger partial charge in [-0.15, -0.1) is 0 Å². The molecule has 0 aromatic heterocycles. The molecule has 1 rings (SSSR count). The monoisotopic (exact) mass is 211 g/mol. The lowest BCUT2D eigenvalue weighted by molar-refractivity contribution is -0.165. The topological polar surface area (TPSA) is 21.3 Å². The zero-order valence-corrected chi connectivity index (χ0v) is 8.28. The van der Waals surface area contributed by atoms with Crippen LogP contribution in [0.5, 0.6) is 0 Å². The van der Waals surface area contributed by atoms with Crippen molar-refractivity contribution in [3.63, 3.8) is 0 Å². The Morgan fingerprint density at radius 3 is 2.43 bits per heavy atom. The molecule has 0 heterocycles. The Hall–Kier alpha value is -0.290. The second kappa shape index (κ2) is 4.49. The molecule has 0 aromatic rings. The Kier molecular flexibility index (Phi) is 3.78. The molecule has 0 unspecified atom stereocenters. The zero-order chi connectivity index (χ0) is 10.7. The summed E-state index contributed by atoms with van der Waals surface area (Å²) in [5.74, 6) is 0. The summed E-state index contributed by atoms with van der Waals surface area (Å²) >= 11 is 0. The molecular weight excluding hydrogens is 195 g/mol. The lowest BCUT2D eigenvalue weighted by Gasteiger charge is -2.20. The van der Waals surface area contributed by atoms with E-state index in [4.69, 9.17) is 4.74 Å². The zero-order valence-electron chi connectivity index (χ0n) is 8.28. The van der Waals surface area contributed by atoms with Gasteiger partial charge in [-0.05, 0) is 32.7 Å². The predicted octanol–water partition coefficient (Wildman–Crippen LogP) is 2.10. The van der Waals surface area contributed by atoms with Gasteiger partial charge in [0.2, 0.25) is 0 Å². The van der Waals surface area contributed by atoms with Gasteiger partial charge >= 0.3 is 6.18 Å². The molecule has 0 bridgehead atoms. The lowest BCUT2D eigenvalue weighted by atomic mass is 10.2. The van der Waals surface area contributed by atoms with Crippen LogP contribution >= 0.6 is 0 Å². The lowest BCUT2D eigenvalue weighted by Crippen LogP contribution is -2.45. The number of hydrogen-bond acceptors (Lipinski definition) is 2. The van der Waals surface area contributed by atoms with E-state index in [1.54, 1.807) is 0 Å². The van der Waals surface area contributed by atoms with Crippen LogP contribution < -0.4 is 5.32 Å². The Balaban J connectivity index is 2.12. The van der Waals surface area contributed by atoms with E-state index in [1.807, 2.05) is 6.92 Å². The van der Waals surface area contributed by atoms with Crippen LogP contribution in [0.15, 0.2) is 0 Å². The van der Waals surface area contributed by atoms with E-state index in [9.17, 15) is 13.2 Å². The Morgan fingerprint density at radius 1 is 1.36 bits per heavy atom. The summed E-state index contributed by atoms with van der Waals surface area (Å²) in [6.07, 6.45) is -3.04. The third kappa shape index (κ3) is 2.85. The molecule has 84 valence electrons. The highest BCUT2D eigenvalue weighted by molar-refractivity contribution is 5.07. The molecule has 14 heavy (non-hydrogen) atoms. The minimum absolute atomic E-state index is 0.213. The number of hydrogen-bond donors (Lipinski definition) is 1. The van der Waals surface area contributed by atoms with Gasteiger partial charge in [0.1, 0.15) is 5.54 Å².